The monoisotopic (exact) mass is 377 g/mol. The third-order valence-electron chi connectivity index (χ3n) is 5.21. The van der Waals surface area contributed by atoms with E-state index in [1.807, 2.05) is 31.2 Å². The van der Waals surface area contributed by atoms with Crippen LogP contribution < -0.4 is 0 Å². The SMILES string of the molecule is Cc1cc(-c2nc3n(c2-c2ccc4ncccc4c2)CCC3)c(F)cc1Cl. The maximum absolute atomic E-state index is 14.8. The zero-order chi connectivity index (χ0) is 18.5. The molecule has 0 atom stereocenters. The van der Waals surface area contributed by atoms with Crippen LogP contribution in [0.1, 0.15) is 17.8 Å². The van der Waals surface area contributed by atoms with Gasteiger partial charge in [-0.1, -0.05) is 23.7 Å². The van der Waals surface area contributed by atoms with Crippen molar-refractivity contribution in [3.05, 3.63) is 70.9 Å². The molecule has 0 unspecified atom stereocenters. The van der Waals surface area contributed by atoms with Crippen LogP contribution >= 0.6 is 11.6 Å². The van der Waals surface area contributed by atoms with Crippen molar-refractivity contribution in [3.63, 3.8) is 0 Å². The fourth-order valence-corrected chi connectivity index (χ4v) is 4.02. The van der Waals surface area contributed by atoms with Gasteiger partial charge in [0.2, 0.25) is 0 Å². The van der Waals surface area contributed by atoms with Gasteiger partial charge in [0.1, 0.15) is 11.6 Å². The summed E-state index contributed by atoms with van der Waals surface area (Å²) in [4.78, 5) is 9.21. The van der Waals surface area contributed by atoms with Crippen LogP contribution in [0.3, 0.4) is 0 Å². The zero-order valence-corrected chi connectivity index (χ0v) is 15.6. The highest BCUT2D eigenvalue weighted by molar-refractivity contribution is 6.31. The molecule has 1 aliphatic rings. The van der Waals surface area contributed by atoms with E-state index in [0.717, 1.165) is 52.9 Å². The van der Waals surface area contributed by atoms with Gasteiger partial charge in [0.25, 0.3) is 0 Å². The Morgan fingerprint density at radius 2 is 2.04 bits per heavy atom. The van der Waals surface area contributed by atoms with Crippen molar-refractivity contribution in [3.8, 4) is 22.5 Å². The van der Waals surface area contributed by atoms with E-state index in [1.165, 1.54) is 6.07 Å². The van der Waals surface area contributed by atoms with Crippen molar-refractivity contribution < 1.29 is 4.39 Å². The maximum atomic E-state index is 14.8. The Morgan fingerprint density at radius 1 is 1.15 bits per heavy atom. The molecule has 5 rings (SSSR count). The molecule has 3 nitrogen and oxygen atoms in total. The third-order valence-corrected chi connectivity index (χ3v) is 5.62. The lowest BCUT2D eigenvalue weighted by Crippen LogP contribution is -1.97. The van der Waals surface area contributed by atoms with E-state index >= 15 is 0 Å². The lowest BCUT2D eigenvalue weighted by molar-refractivity contribution is 0.630. The van der Waals surface area contributed by atoms with Gasteiger partial charge in [0.15, 0.2) is 0 Å². The molecule has 3 heterocycles. The van der Waals surface area contributed by atoms with Crippen molar-refractivity contribution >= 4 is 22.5 Å². The second-order valence-corrected chi connectivity index (χ2v) is 7.38. The van der Waals surface area contributed by atoms with Crippen LogP contribution in [-0.4, -0.2) is 14.5 Å². The molecule has 1 aliphatic heterocycles. The van der Waals surface area contributed by atoms with Gasteiger partial charge in [-0.2, -0.15) is 0 Å². The summed E-state index contributed by atoms with van der Waals surface area (Å²) in [6.45, 7) is 2.79. The Morgan fingerprint density at radius 3 is 2.93 bits per heavy atom. The molecule has 0 amide bonds. The van der Waals surface area contributed by atoms with Gasteiger partial charge in [-0.25, -0.2) is 9.37 Å². The molecule has 2 aromatic carbocycles. The molecule has 0 fully saturated rings. The molecule has 0 bridgehead atoms. The molecule has 4 aromatic rings. The smallest absolute Gasteiger partial charge is 0.134 e. The number of benzene rings is 2. The summed E-state index contributed by atoms with van der Waals surface area (Å²) < 4.78 is 17.0. The number of aromatic nitrogens is 3. The average Bonchev–Trinajstić information content (AvgIpc) is 3.25. The Balaban J connectivity index is 1.78. The molecular formula is C22H17ClFN3. The highest BCUT2D eigenvalue weighted by Gasteiger charge is 2.25. The molecule has 134 valence electrons. The Kier molecular flexibility index (Phi) is 3.76. The predicted octanol–water partition coefficient (Wildman–Crippen LogP) is 5.81. The zero-order valence-electron chi connectivity index (χ0n) is 14.8. The number of hydrogen-bond donors (Lipinski definition) is 0. The van der Waals surface area contributed by atoms with E-state index in [1.54, 1.807) is 12.3 Å². The van der Waals surface area contributed by atoms with Crippen LogP contribution in [0.5, 0.6) is 0 Å². The van der Waals surface area contributed by atoms with Crippen LogP contribution in [-0.2, 0) is 13.0 Å². The predicted molar refractivity (Wildman–Crippen MR) is 106 cm³/mol. The summed E-state index contributed by atoms with van der Waals surface area (Å²) in [5.41, 5.74) is 4.96. The first kappa shape index (κ1) is 16.5. The number of imidazole rings is 1. The Hall–Kier alpha value is -2.72. The second kappa shape index (κ2) is 6.17. The molecule has 0 saturated carbocycles. The van der Waals surface area contributed by atoms with Gasteiger partial charge in [0.05, 0.1) is 16.9 Å². The standard InChI is InChI=1S/C22H17ClFN3/c1-13-10-16(18(24)12-17(13)23)21-22(27-9-3-5-20(27)26-21)15-6-7-19-14(11-15)4-2-8-25-19/h2,4,6-8,10-12H,3,5,9H2,1H3. The fraction of sp³-hybridized carbons (Fsp3) is 0.182. The minimum Gasteiger partial charge on any atom is -0.327 e. The molecule has 0 spiro atoms. The topological polar surface area (TPSA) is 30.7 Å². The number of rotatable bonds is 2. The Labute approximate surface area is 161 Å². The molecule has 27 heavy (non-hydrogen) atoms. The van der Waals surface area contributed by atoms with Crippen LogP contribution in [0.2, 0.25) is 5.02 Å². The van der Waals surface area contributed by atoms with Gasteiger partial charge in [-0.3, -0.25) is 4.98 Å². The fourth-order valence-electron chi connectivity index (χ4n) is 3.87. The van der Waals surface area contributed by atoms with E-state index in [4.69, 9.17) is 16.6 Å². The van der Waals surface area contributed by atoms with Gasteiger partial charge in [-0.05, 0) is 49.2 Å². The molecule has 0 saturated heterocycles. The van der Waals surface area contributed by atoms with Gasteiger partial charge in [0, 0.05) is 40.7 Å². The van der Waals surface area contributed by atoms with Crippen LogP contribution in [0.15, 0.2) is 48.7 Å². The Bertz CT molecular complexity index is 1200. The van der Waals surface area contributed by atoms with Crippen molar-refractivity contribution in [2.45, 2.75) is 26.3 Å². The van der Waals surface area contributed by atoms with E-state index in [2.05, 4.69) is 15.6 Å². The maximum Gasteiger partial charge on any atom is 0.134 e. The third kappa shape index (κ3) is 2.63. The van der Waals surface area contributed by atoms with Crippen molar-refractivity contribution in [2.24, 2.45) is 0 Å². The van der Waals surface area contributed by atoms with Gasteiger partial charge < -0.3 is 4.57 Å². The highest BCUT2D eigenvalue weighted by Crippen LogP contribution is 2.38. The van der Waals surface area contributed by atoms with E-state index in [-0.39, 0.29) is 5.82 Å². The summed E-state index contributed by atoms with van der Waals surface area (Å²) in [5.74, 6) is 0.671. The summed E-state index contributed by atoms with van der Waals surface area (Å²) in [6, 6.07) is 13.3. The largest absolute Gasteiger partial charge is 0.327 e. The number of nitrogens with zero attached hydrogens (tertiary/aromatic N) is 3. The molecular weight excluding hydrogens is 361 g/mol. The molecule has 2 aromatic heterocycles. The first-order chi connectivity index (χ1) is 13.1. The average molecular weight is 378 g/mol. The number of hydrogen-bond acceptors (Lipinski definition) is 2. The summed E-state index contributed by atoms with van der Waals surface area (Å²) >= 11 is 6.10. The number of fused-ring (bicyclic) bond motifs is 2. The van der Waals surface area contributed by atoms with Gasteiger partial charge >= 0.3 is 0 Å². The van der Waals surface area contributed by atoms with Crippen LogP contribution in [0.4, 0.5) is 4.39 Å². The second-order valence-electron chi connectivity index (χ2n) is 6.97. The number of halogens is 2. The molecule has 5 heteroatoms. The first-order valence-electron chi connectivity index (χ1n) is 9.02. The van der Waals surface area contributed by atoms with Crippen molar-refractivity contribution in [1.82, 2.24) is 14.5 Å². The number of aryl methyl sites for hydroxylation is 2. The van der Waals surface area contributed by atoms with E-state index < -0.39 is 0 Å². The number of pyridine rings is 1. The van der Waals surface area contributed by atoms with Crippen molar-refractivity contribution in [2.75, 3.05) is 0 Å². The summed E-state index contributed by atoms with van der Waals surface area (Å²) in [6.07, 6.45) is 3.76. The van der Waals surface area contributed by atoms with E-state index in [0.29, 0.717) is 16.3 Å². The van der Waals surface area contributed by atoms with Gasteiger partial charge in [-0.15, -0.1) is 0 Å². The lowest BCUT2D eigenvalue weighted by atomic mass is 10.0. The summed E-state index contributed by atoms with van der Waals surface area (Å²) in [7, 11) is 0. The molecule has 0 aliphatic carbocycles. The first-order valence-corrected chi connectivity index (χ1v) is 9.40. The molecule has 0 radical (unpaired) electrons. The molecule has 0 N–H and O–H groups in total. The van der Waals surface area contributed by atoms with E-state index in [9.17, 15) is 4.39 Å². The quantitative estimate of drug-likeness (QED) is 0.441. The highest BCUT2D eigenvalue weighted by atomic mass is 35.5. The van der Waals surface area contributed by atoms with Crippen LogP contribution in [0, 0.1) is 12.7 Å². The van der Waals surface area contributed by atoms with Crippen LogP contribution in [0.25, 0.3) is 33.4 Å². The normalized spacial score (nSPS) is 13.3. The minimum atomic E-state index is -0.342. The van der Waals surface area contributed by atoms with Crippen molar-refractivity contribution in [1.29, 1.82) is 0 Å². The lowest BCUT2D eigenvalue weighted by Gasteiger charge is -2.11. The summed E-state index contributed by atoms with van der Waals surface area (Å²) in [5, 5.41) is 1.49. The minimum absolute atomic E-state index is 0.342.